The summed E-state index contributed by atoms with van der Waals surface area (Å²) >= 11 is 0. The molecule has 98 valence electrons. The normalized spacial score (nSPS) is 20.2. The third-order valence-corrected chi connectivity index (χ3v) is 3.96. The van der Waals surface area contributed by atoms with Crippen molar-refractivity contribution in [3.8, 4) is 0 Å². The minimum absolute atomic E-state index is 0. The SMILES string of the molecule is C=NC(N)=NC(=O)C1CCN(S(C)(=O)=O)CC1.[HH]. The third kappa shape index (κ3) is 3.90. The highest BCUT2D eigenvalue weighted by Crippen LogP contribution is 2.20. The molecule has 1 saturated heterocycles. The fourth-order valence-corrected chi connectivity index (χ4v) is 2.55. The molecule has 0 bridgehead atoms. The molecule has 0 saturated carbocycles. The molecule has 0 radical (unpaired) electrons. The molecule has 1 amide bonds. The fourth-order valence-electron chi connectivity index (χ4n) is 1.67. The number of hydrogen-bond donors (Lipinski definition) is 1. The van der Waals surface area contributed by atoms with Crippen molar-refractivity contribution in [2.75, 3.05) is 19.3 Å². The Balaban J connectivity index is 0.00000289. The number of piperidine rings is 1. The molecule has 1 aliphatic rings. The van der Waals surface area contributed by atoms with Gasteiger partial charge in [-0.15, -0.1) is 0 Å². The molecule has 2 N–H and O–H groups in total. The van der Waals surface area contributed by atoms with E-state index >= 15 is 0 Å². The maximum atomic E-state index is 11.6. The summed E-state index contributed by atoms with van der Waals surface area (Å²) in [7, 11) is -3.17. The number of rotatable bonds is 2. The van der Waals surface area contributed by atoms with Crippen molar-refractivity contribution in [3.05, 3.63) is 0 Å². The van der Waals surface area contributed by atoms with Crippen LogP contribution in [0.3, 0.4) is 0 Å². The van der Waals surface area contributed by atoms with Crippen LogP contribution in [0.1, 0.15) is 14.3 Å². The minimum Gasteiger partial charge on any atom is -0.368 e. The van der Waals surface area contributed by atoms with Crippen LogP contribution in [0.5, 0.6) is 0 Å². The highest BCUT2D eigenvalue weighted by atomic mass is 32.2. The Morgan fingerprint density at radius 1 is 1.47 bits per heavy atom. The zero-order valence-electron chi connectivity index (χ0n) is 9.66. The molecule has 1 fully saturated rings. The first kappa shape index (κ1) is 13.8. The second-order valence-electron chi connectivity index (χ2n) is 3.90. The van der Waals surface area contributed by atoms with Crippen molar-refractivity contribution in [1.29, 1.82) is 0 Å². The summed E-state index contributed by atoms with van der Waals surface area (Å²) in [6.07, 6.45) is 2.08. The van der Waals surface area contributed by atoms with Gasteiger partial charge in [0.1, 0.15) is 0 Å². The summed E-state index contributed by atoms with van der Waals surface area (Å²) in [6.45, 7) is 3.84. The first-order chi connectivity index (χ1) is 7.84. The van der Waals surface area contributed by atoms with E-state index in [9.17, 15) is 13.2 Å². The number of aliphatic imine (C=N–C) groups is 2. The number of amides is 1. The van der Waals surface area contributed by atoms with Gasteiger partial charge in [0.25, 0.3) is 5.91 Å². The quantitative estimate of drug-likeness (QED) is 0.532. The molecule has 1 heterocycles. The van der Waals surface area contributed by atoms with Crippen LogP contribution < -0.4 is 5.73 Å². The second kappa shape index (κ2) is 5.37. The topological polar surface area (TPSA) is 105 Å². The van der Waals surface area contributed by atoms with Gasteiger partial charge in [0.05, 0.1) is 6.26 Å². The third-order valence-electron chi connectivity index (χ3n) is 2.66. The van der Waals surface area contributed by atoms with E-state index in [0.29, 0.717) is 25.9 Å². The van der Waals surface area contributed by atoms with Gasteiger partial charge in [-0.2, -0.15) is 4.99 Å². The number of sulfonamides is 1. The van der Waals surface area contributed by atoms with Crippen LogP contribution in [0.2, 0.25) is 0 Å². The zero-order chi connectivity index (χ0) is 13.1. The van der Waals surface area contributed by atoms with Gasteiger partial charge in [-0.25, -0.2) is 17.7 Å². The molecule has 0 unspecified atom stereocenters. The molecule has 0 spiro atoms. The lowest BCUT2D eigenvalue weighted by atomic mass is 9.98. The predicted octanol–water partition coefficient (Wildman–Crippen LogP) is -0.554. The molecular weight excluding hydrogens is 244 g/mol. The van der Waals surface area contributed by atoms with E-state index in [0.717, 1.165) is 6.26 Å². The standard InChI is InChI=1S/C9H16N4O3S.H2/c1-11-9(10)12-8(14)7-3-5-13(6-4-7)17(2,15)16;/h7H,1,3-6H2,2H3,(H2,10,12,14);1H. The van der Waals surface area contributed by atoms with Crippen LogP contribution >= 0.6 is 0 Å². The van der Waals surface area contributed by atoms with E-state index in [1.54, 1.807) is 0 Å². The molecule has 0 atom stereocenters. The number of nitrogens with two attached hydrogens (primary N) is 1. The summed E-state index contributed by atoms with van der Waals surface area (Å²) in [5, 5.41) is 0. The van der Waals surface area contributed by atoms with Crippen molar-refractivity contribution in [2.24, 2.45) is 21.6 Å². The van der Waals surface area contributed by atoms with Gasteiger partial charge in [-0.1, -0.05) is 0 Å². The van der Waals surface area contributed by atoms with Crippen LogP contribution in [0.15, 0.2) is 9.98 Å². The Morgan fingerprint density at radius 3 is 2.41 bits per heavy atom. The van der Waals surface area contributed by atoms with E-state index in [4.69, 9.17) is 5.73 Å². The summed E-state index contributed by atoms with van der Waals surface area (Å²) in [5.41, 5.74) is 5.27. The first-order valence-corrected chi connectivity index (χ1v) is 6.99. The Morgan fingerprint density at radius 2 is 2.00 bits per heavy atom. The summed E-state index contributed by atoms with van der Waals surface area (Å²) < 4.78 is 23.9. The van der Waals surface area contributed by atoms with E-state index in [1.807, 2.05) is 0 Å². The summed E-state index contributed by atoms with van der Waals surface area (Å²) in [4.78, 5) is 18.5. The number of carbonyl (C=O) groups excluding carboxylic acids is 1. The smallest absolute Gasteiger partial charge is 0.252 e. The Kier molecular flexibility index (Phi) is 4.35. The van der Waals surface area contributed by atoms with Crippen LogP contribution in [0.4, 0.5) is 0 Å². The molecule has 0 aliphatic carbocycles. The highest BCUT2D eigenvalue weighted by molar-refractivity contribution is 7.88. The number of guanidine groups is 1. The lowest BCUT2D eigenvalue weighted by molar-refractivity contribution is -0.122. The van der Waals surface area contributed by atoms with Crippen molar-refractivity contribution >= 4 is 28.6 Å². The molecule has 0 aromatic carbocycles. The lowest BCUT2D eigenvalue weighted by Crippen LogP contribution is -2.39. The van der Waals surface area contributed by atoms with Crippen LogP contribution in [-0.4, -0.2) is 50.7 Å². The summed E-state index contributed by atoms with van der Waals surface area (Å²) in [6, 6.07) is 0. The van der Waals surface area contributed by atoms with Crippen molar-refractivity contribution in [1.82, 2.24) is 4.31 Å². The molecule has 0 aromatic heterocycles. The molecule has 1 rings (SSSR count). The molecule has 7 nitrogen and oxygen atoms in total. The molecule has 0 aromatic rings. The Labute approximate surface area is 102 Å². The van der Waals surface area contributed by atoms with E-state index in [-0.39, 0.29) is 19.2 Å². The van der Waals surface area contributed by atoms with Crippen molar-refractivity contribution in [3.63, 3.8) is 0 Å². The van der Waals surface area contributed by atoms with Gasteiger partial charge in [-0.05, 0) is 19.6 Å². The van der Waals surface area contributed by atoms with E-state index in [2.05, 4.69) is 16.7 Å². The Hall–Kier alpha value is -1.28. The zero-order valence-corrected chi connectivity index (χ0v) is 10.5. The number of carbonyl (C=O) groups is 1. The lowest BCUT2D eigenvalue weighted by Gasteiger charge is -2.28. The first-order valence-electron chi connectivity index (χ1n) is 5.14. The maximum Gasteiger partial charge on any atom is 0.252 e. The minimum atomic E-state index is -3.17. The van der Waals surface area contributed by atoms with Crippen LogP contribution in [0, 0.1) is 5.92 Å². The molecular formula is C9H18N4O3S. The van der Waals surface area contributed by atoms with Crippen LogP contribution in [-0.2, 0) is 14.8 Å². The van der Waals surface area contributed by atoms with Gasteiger partial charge in [-0.3, -0.25) is 4.79 Å². The largest absolute Gasteiger partial charge is 0.368 e. The molecule has 1 aliphatic heterocycles. The predicted molar refractivity (Wildman–Crippen MR) is 67.4 cm³/mol. The average molecular weight is 262 g/mol. The summed E-state index contributed by atoms with van der Waals surface area (Å²) in [5.74, 6) is -0.795. The monoisotopic (exact) mass is 262 g/mol. The molecule has 17 heavy (non-hydrogen) atoms. The Bertz CT molecular complexity index is 441. The maximum absolute atomic E-state index is 11.6. The van der Waals surface area contributed by atoms with Gasteiger partial charge in [0, 0.05) is 20.4 Å². The van der Waals surface area contributed by atoms with Crippen molar-refractivity contribution < 1.29 is 14.6 Å². The van der Waals surface area contributed by atoms with Gasteiger partial charge >= 0.3 is 0 Å². The van der Waals surface area contributed by atoms with E-state index < -0.39 is 10.0 Å². The molecule has 8 heteroatoms. The highest BCUT2D eigenvalue weighted by Gasteiger charge is 2.28. The number of nitrogens with zero attached hydrogens (tertiary/aromatic N) is 3. The average Bonchev–Trinajstić information content (AvgIpc) is 2.27. The van der Waals surface area contributed by atoms with Crippen LogP contribution in [0.25, 0.3) is 0 Å². The van der Waals surface area contributed by atoms with Gasteiger partial charge in [0.15, 0.2) is 0 Å². The van der Waals surface area contributed by atoms with E-state index in [1.165, 1.54) is 4.31 Å². The van der Waals surface area contributed by atoms with Crippen molar-refractivity contribution in [2.45, 2.75) is 12.8 Å². The van der Waals surface area contributed by atoms with Gasteiger partial charge in [0.2, 0.25) is 16.0 Å². The number of hydrogen-bond acceptors (Lipinski definition) is 3. The second-order valence-corrected chi connectivity index (χ2v) is 5.89. The van der Waals surface area contributed by atoms with Gasteiger partial charge < -0.3 is 5.73 Å². The fraction of sp³-hybridized carbons (Fsp3) is 0.667.